The molecule has 1 atom stereocenters. The number of nitrogens with one attached hydrogen (secondary N) is 1. The zero-order valence-corrected chi connectivity index (χ0v) is 19.5. The van der Waals surface area contributed by atoms with E-state index >= 15 is 0 Å². The molecule has 8 nitrogen and oxygen atoms in total. The summed E-state index contributed by atoms with van der Waals surface area (Å²) in [7, 11) is 1.67. The van der Waals surface area contributed by atoms with E-state index < -0.39 is 5.82 Å². The average molecular weight is 473 g/mol. The summed E-state index contributed by atoms with van der Waals surface area (Å²) < 4.78 is 21.8. The van der Waals surface area contributed by atoms with E-state index in [-0.39, 0.29) is 22.9 Å². The highest BCUT2D eigenvalue weighted by Crippen LogP contribution is 2.28. The Labute approximate surface area is 202 Å². The van der Waals surface area contributed by atoms with Gasteiger partial charge in [0.05, 0.1) is 25.0 Å². The monoisotopic (exact) mass is 472 g/mol. The molecule has 1 N–H and O–H groups in total. The second kappa shape index (κ2) is 9.63. The summed E-state index contributed by atoms with van der Waals surface area (Å²) in [6.07, 6.45) is 4.16. The van der Waals surface area contributed by atoms with Gasteiger partial charge in [-0.25, -0.2) is 14.4 Å². The molecule has 35 heavy (non-hydrogen) atoms. The summed E-state index contributed by atoms with van der Waals surface area (Å²) in [5.74, 6) is 0.771. The Kier molecular flexibility index (Phi) is 6.24. The molecule has 1 aliphatic rings. The van der Waals surface area contributed by atoms with E-state index in [0.717, 1.165) is 28.8 Å². The summed E-state index contributed by atoms with van der Waals surface area (Å²) in [5.41, 5.74) is 3.28. The van der Waals surface area contributed by atoms with Crippen LogP contribution in [-0.2, 0) is 11.8 Å². The van der Waals surface area contributed by atoms with Crippen LogP contribution in [0.2, 0.25) is 0 Å². The van der Waals surface area contributed by atoms with Crippen molar-refractivity contribution in [2.24, 2.45) is 7.05 Å². The van der Waals surface area contributed by atoms with E-state index in [1.54, 1.807) is 13.2 Å². The fourth-order valence-corrected chi connectivity index (χ4v) is 4.10. The molecule has 4 heterocycles. The van der Waals surface area contributed by atoms with Crippen LogP contribution in [0.15, 0.2) is 71.9 Å². The molecular formula is C26H25FN6O2. The van der Waals surface area contributed by atoms with Gasteiger partial charge in [0.15, 0.2) is 5.82 Å². The summed E-state index contributed by atoms with van der Waals surface area (Å²) in [6.45, 7) is 3.56. The van der Waals surface area contributed by atoms with Gasteiger partial charge < -0.3 is 15.0 Å². The number of ether oxygens (including phenoxy) is 1. The van der Waals surface area contributed by atoms with Gasteiger partial charge >= 0.3 is 0 Å². The quantitative estimate of drug-likeness (QED) is 0.470. The topological polar surface area (TPSA) is 85.2 Å². The van der Waals surface area contributed by atoms with Gasteiger partial charge in [-0.2, -0.15) is 0 Å². The number of morpholine rings is 1. The van der Waals surface area contributed by atoms with Crippen LogP contribution in [0.1, 0.15) is 17.2 Å². The standard InChI is InChI=1S/C26H25FN6O2/c1-17-4-3-10-29-25(17)30-19-7-5-18(6-8-19)23-16-33(12-13-35-23)26-31-22(14-24(34)32(26)2)20-9-11-28-15-21(20)27/h3-11,14-15,23H,12-13,16H2,1-2H3,(H,29,30)/t23-/m1/s1. The summed E-state index contributed by atoms with van der Waals surface area (Å²) in [4.78, 5) is 27.5. The summed E-state index contributed by atoms with van der Waals surface area (Å²) >= 11 is 0. The van der Waals surface area contributed by atoms with E-state index in [1.807, 2.05) is 48.2 Å². The molecule has 5 rings (SSSR count). The number of pyridine rings is 2. The van der Waals surface area contributed by atoms with E-state index in [9.17, 15) is 9.18 Å². The van der Waals surface area contributed by atoms with Crippen molar-refractivity contribution in [3.63, 3.8) is 0 Å². The van der Waals surface area contributed by atoms with Crippen molar-refractivity contribution in [1.82, 2.24) is 19.5 Å². The van der Waals surface area contributed by atoms with Crippen LogP contribution in [-0.4, -0.2) is 39.2 Å². The highest BCUT2D eigenvalue weighted by Gasteiger charge is 2.25. The van der Waals surface area contributed by atoms with Crippen molar-refractivity contribution in [1.29, 1.82) is 0 Å². The highest BCUT2D eigenvalue weighted by molar-refractivity contribution is 5.61. The van der Waals surface area contributed by atoms with Gasteiger partial charge in [0.25, 0.3) is 5.56 Å². The summed E-state index contributed by atoms with van der Waals surface area (Å²) in [5, 5.41) is 3.33. The van der Waals surface area contributed by atoms with Crippen molar-refractivity contribution < 1.29 is 9.13 Å². The number of rotatable bonds is 5. The molecule has 0 radical (unpaired) electrons. The second-order valence-corrected chi connectivity index (χ2v) is 8.42. The number of benzene rings is 1. The molecule has 1 aliphatic heterocycles. The lowest BCUT2D eigenvalue weighted by Gasteiger charge is -2.34. The van der Waals surface area contributed by atoms with Crippen LogP contribution in [0.3, 0.4) is 0 Å². The first-order valence-electron chi connectivity index (χ1n) is 11.3. The Bertz CT molecular complexity index is 1410. The number of nitrogens with zero attached hydrogens (tertiary/aromatic N) is 5. The zero-order chi connectivity index (χ0) is 24.4. The van der Waals surface area contributed by atoms with Gasteiger partial charge in [-0.1, -0.05) is 18.2 Å². The maximum atomic E-state index is 14.3. The maximum Gasteiger partial charge on any atom is 0.255 e. The van der Waals surface area contributed by atoms with Gasteiger partial charge in [0, 0.05) is 43.3 Å². The Morgan fingerprint density at radius 1 is 1.14 bits per heavy atom. The van der Waals surface area contributed by atoms with Crippen molar-refractivity contribution in [3.8, 4) is 11.3 Å². The molecule has 0 saturated carbocycles. The zero-order valence-electron chi connectivity index (χ0n) is 19.5. The molecule has 0 amide bonds. The van der Waals surface area contributed by atoms with Gasteiger partial charge in [0.1, 0.15) is 11.9 Å². The fraction of sp³-hybridized carbons (Fsp3) is 0.231. The minimum atomic E-state index is -0.520. The van der Waals surface area contributed by atoms with Crippen LogP contribution in [0, 0.1) is 12.7 Å². The van der Waals surface area contributed by atoms with Crippen LogP contribution in [0.4, 0.5) is 21.8 Å². The van der Waals surface area contributed by atoms with Gasteiger partial charge in [-0.15, -0.1) is 0 Å². The number of aryl methyl sites for hydroxylation is 1. The smallest absolute Gasteiger partial charge is 0.255 e. The lowest BCUT2D eigenvalue weighted by molar-refractivity contribution is 0.0390. The van der Waals surface area contributed by atoms with E-state index in [0.29, 0.717) is 25.6 Å². The van der Waals surface area contributed by atoms with Crippen LogP contribution < -0.4 is 15.8 Å². The number of aromatic nitrogens is 4. The number of anilines is 3. The number of hydrogen-bond acceptors (Lipinski definition) is 7. The van der Waals surface area contributed by atoms with Crippen LogP contribution >= 0.6 is 0 Å². The minimum Gasteiger partial charge on any atom is -0.370 e. The molecule has 178 valence electrons. The molecule has 0 bridgehead atoms. The Morgan fingerprint density at radius 2 is 1.97 bits per heavy atom. The summed E-state index contributed by atoms with van der Waals surface area (Å²) in [6, 6.07) is 14.8. The lowest BCUT2D eigenvalue weighted by atomic mass is 10.1. The Hall–Kier alpha value is -4.11. The van der Waals surface area contributed by atoms with Crippen molar-refractivity contribution >= 4 is 17.5 Å². The van der Waals surface area contributed by atoms with Crippen LogP contribution in [0.25, 0.3) is 11.3 Å². The Morgan fingerprint density at radius 3 is 2.74 bits per heavy atom. The van der Waals surface area contributed by atoms with E-state index in [4.69, 9.17) is 4.74 Å². The first kappa shape index (κ1) is 22.7. The molecule has 0 aliphatic carbocycles. The van der Waals surface area contributed by atoms with E-state index in [1.165, 1.54) is 22.9 Å². The predicted molar refractivity (Wildman–Crippen MR) is 132 cm³/mol. The largest absolute Gasteiger partial charge is 0.370 e. The SMILES string of the molecule is Cc1cccnc1Nc1ccc([C@H]2CN(c3nc(-c4ccncc4F)cc(=O)n3C)CCO2)cc1. The molecular weight excluding hydrogens is 447 g/mol. The number of hydrogen-bond donors (Lipinski definition) is 1. The molecule has 0 unspecified atom stereocenters. The Balaban J connectivity index is 1.37. The molecule has 1 aromatic carbocycles. The molecule has 9 heteroatoms. The van der Waals surface area contributed by atoms with E-state index in [2.05, 4.69) is 20.3 Å². The van der Waals surface area contributed by atoms with Crippen LogP contribution in [0.5, 0.6) is 0 Å². The van der Waals surface area contributed by atoms with Gasteiger partial charge in [0.2, 0.25) is 5.95 Å². The predicted octanol–water partition coefficient (Wildman–Crippen LogP) is 4.01. The average Bonchev–Trinajstić information content (AvgIpc) is 2.88. The minimum absolute atomic E-state index is 0.201. The molecule has 4 aromatic rings. The highest BCUT2D eigenvalue weighted by atomic mass is 19.1. The molecule has 1 fully saturated rings. The molecule has 1 saturated heterocycles. The van der Waals surface area contributed by atoms with Gasteiger partial charge in [-0.3, -0.25) is 14.3 Å². The normalized spacial score (nSPS) is 15.7. The third-order valence-corrected chi connectivity index (χ3v) is 6.06. The molecule has 3 aromatic heterocycles. The lowest BCUT2D eigenvalue weighted by Crippen LogP contribution is -2.41. The second-order valence-electron chi connectivity index (χ2n) is 8.42. The first-order valence-corrected chi connectivity index (χ1v) is 11.3. The number of halogens is 1. The van der Waals surface area contributed by atoms with Crippen molar-refractivity contribution in [2.75, 3.05) is 29.9 Å². The molecule has 0 spiro atoms. The fourth-order valence-electron chi connectivity index (χ4n) is 4.10. The third-order valence-electron chi connectivity index (χ3n) is 6.06. The van der Waals surface area contributed by atoms with Gasteiger partial charge in [-0.05, 0) is 42.3 Å². The van der Waals surface area contributed by atoms with Crippen molar-refractivity contribution in [2.45, 2.75) is 13.0 Å². The maximum absolute atomic E-state index is 14.3. The first-order chi connectivity index (χ1) is 17.0. The van der Waals surface area contributed by atoms with Crippen molar-refractivity contribution in [3.05, 3.63) is 94.4 Å². The third kappa shape index (κ3) is 4.76.